The number of carbonyl (C=O) groups excluding carboxylic acids is 2. The normalized spacial score (nSPS) is 12.7. The summed E-state index contributed by atoms with van der Waals surface area (Å²) in [7, 11) is -3.67. The maximum absolute atomic E-state index is 13.1. The van der Waals surface area contributed by atoms with Crippen molar-refractivity contribution in [3.63, 3.8) is 0 Å². The average Bonchev–Trinajstić information content (AvgIpc) is 3.43. The van der Waals surface area contributed by atoms with Crippen molar-refractivity contribution in [3.8, 4) is 0 Å². The molecule has 8 nitrogen and oxygen atoms in total. The number of carbonyl (C=O) groups is 2. The first-order chi connectivity index (χ1) is 19.7. The molecular formula is C28H20Cl2F3N3O5S. The summed E-state index contributed by atoms with van der Waals surface area (Å²) in [5.41, 5.74) is 1.48. The van der Waals surface area contributed by atoms with Crippen molar-refractivity contribution < 1.29 is 35.6 Å². The van der Waals surface area contributed by atoms with Crippen LogP contribution in [-0.2, 0) is 16.0 Å². The highest BCUT2D eigenvalue weighted by Gasteiger charge is 2.33. The minimum atomic E-state index is -4.68. The zero-order valence-corrected chi connectivity index (χ0v) is 23.8. The minimum absolute atomic E-state index is 0.0217. The fourth-order valence-corrected chi connectivity index (χ4v) is 5.57. The molecule has 2 N–H and O–H groups in total. The van der Waals surface area contributed by atoms with Gasteiger partial charge in [-0.3, -0.25) is 9.59 Å². The number of hydrogen-bond acceptors (Lipinski definition) is 6. The molecule has 0 aliphatic heterocycles. The highest BCUT2D eigenvalue weighted by molar-refractivity contribution is 7.91. The summed E-state index contributed by atoms with van der Waals surface area (Å²) in [5.74, 6) is -1.30. The highest BCUT2D eigenvalue weighted by atomic mass is 35.5. The average molecular weight is 638 g/mol. The van der Waals surface area contributed by atoms with E-state index >= 15 is 0 Å². The van der Waals surface area contributed by atoms with E-state index < -0.39 is 43.7 Å². The Morgan fingerprint density at radius 2 is 1.74 bits per heavy atom. The lowest BCUT2D eigenvalue weighted by molar-refractivity contribution is -0.137. The van der Waals surface area contributed by atoms with E-state index in [1.165, 1.54) is 54.8 Å². The van der Waals surface area contributed by atoms with Crippen molar-refractivity contribution in [1.29, 1.82) is 0 Å². The predicted octanol–water partition coefficient (Wildman–Crippen LogP) is 6.76. The van der Waals surface area contributed by atoms with Crippen molar-refractivity contribution >= 4 is 56.8 Å². The third-order valence-corrected chi connectivity index (χ3v) is 7.76. The maximum atomic E-state index is 13.1. The molecule has 14 heteroatoms. The molecule has 1 aromatic heterocycles. The van der Waals surface area contributed by atoms with Crippen LogP contribution in [0.4, 0.5) is 18.9 Å². The Morgan fingerprint density at radius 3 is 2.40 bits per heavy atom. The molecule has 0 bridgehead atoms. The minimum Gasteiger partial charge on any atom is -0.468 e. The number of benzene rings is 3. The molecule has 0 radical (unpaired) electrons. The number of sulfone groups is 1. The molecule has 42 heavy (non-hydrogen) atoms. The van der Waals surface area contributed by atoms with Crippen molar-refractivity contribution in [2.24, 2.45) is 5.10 Å². The number of halogens is 5. The van der Waals surface area contributed by atoms with Crippen LogP contribution in [-0.4, -0.2) is 32.7 Å². The summed E-state index contributed by atoms with van der Waals surface area (Å²) in [6, 6.07) is 16.2. The number of furan rings is 1. The van der Waals surface area contributed by atoms with Crippen LogP contribution < -0.4 is 10.7 Å². The van der Waals surface area contributed by atoms with E-state index in [2.05, 4.69) is 15.8 Å². The first-order valence-corrected chi connectivity index (χ1v) is 14.6. The summed E-state index contributed by atoms with van der Waals surface area (Å²) in [6.07, 6.45) is -1.29. The van der Waals surface area contributed by atoms with Crippen LogP contribution in [0, 0.1) is 0 Å². The first-order valence-electron chi connectivity index (χ1n) is 11.9. The van der Waals surface area contributed by atoms with Crippen LogP contribution in [0.3, 0.4) is 0 Å². The van der Waals surface area contributed by atoms with Gasteiger partial charge >= 0.3 is 6.18 Å². The Morgan fingerprint density at radius 1 is 0.976 bits per heavy atom. The molecule has 4 rings (SSSR count). The standard InChI is InChI=1S/C28H20Cl2F3N3O5S/c1-42(39,40)25(24-6-3-11-41-24)17-4-2-5-18(13-17)26(37)35-23-10-8-19(29)14-20(23)27(38)36-34-15-16-7-9-22(30)21(12-16)28(31,32)33/h2-15,25H,1H3,(H,35,37)(H,36,38)/b34-15-. The number of nitrogens with zero attached hydrogens (tertiary/aromatic N) is 1. The quantitative estimate of drug-likeness (QED) is 0.164. The van der Waals surface area contributed by atoms with Gasteiger partial charge in [-0.05, 0) is 65.7 Å². The van der Waals surface area contributed by atoms with Gasteiger partial charge in [-0.15, -0.1) is 0 Å². The van der Waals surface area contributed by atoms with E-state index in [9.17, 15) is 31.2 Å². The van der Waals surface area contributed by atoms with E-state index in [1.807, 2.05) is 0 Å². The predicted molar refractivity (Wildman–Crippen MR) is 153 cm³/mol. The van der Waals surface area contributed by atoms with Gasteiger partial charge in [0.2, 0.25) is 0 Å². The van der Waals surface area contributed by atoms with Gasteiger partial charge in [-0.25, -0.2) is 13.8 Å². The molecule has 0 fully saturated rings. The van der Waals surface area contributed by atoms with Gasteiger partial charge in [0.1, 0.15) is 11.0 Å². The monoisotopic (exact) mass is 637 g/mol. The number of hydrazone groups is 1. The van der Waals surface area contributed by atoms with Crippen LogP contribution >= 0.6 is 23.2 Å². The van der Waals surface area contributed by atoms with Crippen LogP contribution in [0.2, 0.25) is 10.0 Å². The molecule has 0 aliphatic carbocycles. The number of alkyl halides is 3. The summed E-state index contributed by atoms with van der Waals surface area (Å²) >= 11 is 11.7. The van der Waals surface area contributed by atoms with Gasteiger partial charge in [-0.1, -0.05) is 41.4 Å². The zero-order chi connectivity index (χ0) is 30.7. The molecule has 1 unspecified atom stereocenters. The largest absolute Gasteiger partial charge is 0.468 e. The van der Waals surface area contributed by atoms with E-state index in [4.69, 9.17) is 27.6 Å². The summed E-state index contributed by atoms with van der Waals surface area (Å²) in [4.78, 5) is 26.0. The Labute approximate surface area is 248 Å². The number of anilines is 1. The molecular weight excluding hydrogens is 618 g/mol. The second kappa shape index (κ2) is 12.4. The number of amides is 2. The topological polar surface area (TPSA) is 118 Å². The first kappa shape index (κ1) is 30.8. The Hall–Kier alpha value is -4.13. The van der Waals surface area contributed by atoms with E-state index in [-0.39, 0.29) is 33.2 Å². The van der Waals surface area contributed by atoms with Crippen LogP contribution in [0.1, 0.15) is 48.4 Å². The molecule has 0 saturated carbocycles. The fourth-order valence-electron chi connectivity index (χ4n) is 3.98. The maximum Gasteiger partial charge on any atom is 0.417 e. The summed E-state index contributed by atoms with van der Waals surface area (Å²) in [6.45, 7) is 0. The van der Waals surface area contributed by atoms with Crippen molar-refractivity contribution in [2.75, 3.05) is 11.6 Å². The Bertz CT molecular complexity index is 1780. The van der Waals surface area contributed by atoms with E-state index in [1.54, 1.807) is 12.1 Å². The van der Waals surface area contributed by atoms with E-state index in [0.717, 1.165) is 24.6 Å². The van der Waals surface area contributed by atoms with Gasteiger partial charge in [0.15, 0.2) is 9.84 Å². The second-order valence-corrected chi connectivity index (χ2v) is 11.9. The Kier molecular flexibility index (Phi) is 9.09. The van der Waals surface area contributed by atoms with Gasteiger partial charge in [0, 0.05) is 16.8 Å². The van der Waals surface area contributed by atoms with Crippen molar-refractivity contribution in [2.45, 2.75) is 11.4 Å². The summed E-state index contributed by atoms with van der Waals surface area (Å²) in [5, 5.41) is 4.81. The van der Waals surface area contributed by atoms with Gasteiger partial charge in [0.05, 0.1) is 34.3 Å². The SMILES string of the molecule is CS(=O)(=O)C(c1cccc(C(=O)Nc2ccc(Cl)cc2C(=O)N/N=C\c2ccc(Cl)c(C(F)(F)F)c2)c1)c1ccco1. The van der Waals surface area contributed by atoms with Gasteiger partial charge < -0.3 is 9.73 Å². The third-order valence-electron chi connectivity index (χ3n) is 5.83. The fraction of sp³-hybridized carbons (Fsp3) is 0.107. The molecule has 2 amide bonds. The van der Waals surface area contributed by atoms with Crippen molar-refractivity contribution in [3.05, 3.63) is 123 Å². The smallest absolute Gasteiger partial charge is 0.417 e. The van der Waals surface area contributed by atoms with E-state index in [0.29, 0.717) is 5.56 Å². The van der Waals surface area contributed by atoms with Gasteiger partial charge in [0.25, 0.3) is 11.8 Å². The molecule has 0 spiro atoms. The van der Waals surface area contributed by atoms with Crippen LogP contribution in [0.5, 0.6) is 0 Å². The third kappa shape index (κ3) is 7.38. The molecule has 1 heterocycles. The number of hydrogen-bond donors (Lipinski definition) is 2. The second-order valence-electron chi connectivity index (χ2n) is 8.93. The number of nitrogens with one attached hydrogen (secondary N) is 2. The lowest BCUT2D eigenvalue weighted by atomic mass is 10.1. The zero-order valence-electron chi connectivity index (χ0n) is 21.4. The number of rotatable bonds is 8. The summed E-state index contributed by atoms with van der Waals surface area (Å²) < 4.78 is 69.7. The molecule has 4 aromatic rings. The highest BCUT2D eigenvalue weighted by Crippen LogP contribution is 2.35. The van der Waals surface area contributed by atoms with Crippen LogP contribution in [0.25, 0.3) is 0 Å². The van der Waals surface area contributed by atoms with Gasteiger partial charge in [-0.2, -0.15) is 18.3 Å². The lowest BCUT2D eigenvalue weighted by Crippen LogP contribution is -2.21. The molecule has 1 atom stereocenters. The molecule has 218 valence electrons. The lowest BCUT2D eigenvalue weighted by Gasteiger charge is -2.15. The Balaban J connectivity index is 1.55. The molecule has 0 saturated heterocycles. The molecule has 0 aliphatic rings. The van der Waals surface area contributed by atoms with Crippen molar-refractivity contribution in [1.82, 2.24) is 5.43 Å². The van der Waals surface area contributed by atoms with Crippen LogP contribution in [0.15, 0.2) is 88.6 Å². The molecule has 3 aromatic carbocycles.